The van der Waals surface area contributed by atoms with Crippen LogP contribution in [-0.4, -0.2) is 16.1 Å². The van der Waals surface area contributed by atoms with Crippen LogP contribution in [0.15, 0.2) is 46.9 Å². The van der Waals surface area contributed by atoms with Crippen molar-refractivity contribution in [3.05, 3.63) is 74.1 Å². The van der Waals surface area contributed by atoms with Gasteiger partial charge in [0, 0.05) is 28.6 Å². The van der Waals surface area contributed by atoms with Crippen molar-refractivity contribution >= 4 is 28.4 Å². The number of nitro benzene ring substituents is 1. The molecule has 0 bridgehead atoms. The van der Waals surface area contributed by atoms with Crippen LogP contribution in [0, 0.1) is 30.9 Å². The van der Waals surface area contributed by atoms with E-state index in [0.29, 0.717) is 10.7 Å². The summed E-state index contributed by atoms with van der Waals surface area (Å²) < 4.78 is 0. The lowest BCUT2D eigenvalue weighted by Crippen LogP contribution is -1.93. The van der Waals surface area contributed by atoms with E-state index in [0.717, 1.165) is 11.3 Å². The van der Waals surface area contributed by atoms with Gasteiger partial charge in [-0.25, -0.2) is 4.98 Å². The van der Waals surface area contributed by atoms with E-state index in [9.17, 15) is 10.1 Å². The summed E-state index contributed by atoms with van der Waals surface area (Å²) in [7, 11) is 0. The minimum Gasteiger partial charge on any atom is -0.258 e. The van der Waals surface area contributed by atoms with Gasteiger partial charge in [0.1, 0.15) is 0 Å². The molecule has 0 amide bonds. The van der Waals surface area contributed by atoms with E-state index in [-0.39, 0.29) is 5.69 Å². The second-order valence-corrected chi connectivity index (χ2v) is 6.89. The number of rotatable bonds is 5. The van der Waals surface area contributed by atoms with Gasteiger partial charge in [-0.2, -0.15) is 5.10 Å². The number of hydrazone groups is 1. The van der Waals surface area contributed by atoms with Crippen molar-refractivity contribution in [3.63, 3.8) is 0 Å². The molecule has 1 N–H and O–H groups in total. The maximum Gasteiger partial charge on any atom is 0.270 e. The van der Waals surface area contributed by atoms with Gasteiger partial charge in [0.05, 0.1) is 16.8 Å². The minimum absolute atomic E-state index is 0.0378. The van der Waals surface area contributed by atoms with Crippen LogP contribution in [-0.2, 0) is 0 Å². The first-order valence-corrected chi connectivity index (χ1v) is 8.89. The van der Waals surface area contributed by atoms with Gasteiger partial charge >= 0.3 is 0 Å². The third kappa shape index (κ3) is 3.94. The SMILES string of the molecule is Cc1cc(C)c(-c2csc(N/N=C\c3cccc([N+](=O)[O-])c3)n2)c(C)c1. The molecule has 0 saturated heterocycles. The number of nitrogens with zero attached hydrogens (tertiary/aromatic N) is 3. The Morgan fingerprint density at radius 2 is 1.92 bits per heavy atom. The van der Waals surface area contributed by atoms with Crippen LogP contribution in [0.3, 0.4) is 0 Å². The Bertz CT molecular complexity index is 972. The summed E-state index contributed by atoms with van der Waals surface area (Å²) >= 11 is 1.46. The molecular weight excluding hydrogens is 348 g/mol. The molecular formula is C19H18N4O2S. The van der Waals surface area contributed by atoms with E-state index >= 15 is 0 Å². The van der Waals surface area contributed by atoms with Gasteiger partial charge in [0.2, 0.25) is 5.13 Å². The average molecular weight is 366 g/mol. The number of nitro groups is 1. The molecule has 132 valence electrons. The van der Waals surface area contributed by atoms with Crippen molar-refractivity contribution in [3.8, 4) is 11.3 Å². The second kappa shape index (κ2) is 7.45. The van der Waals surface area contributed by atoms with Crippen LogP contribution >= 0.6 is 11.3 Å². The van der Waals surface area contributed by atoms with Crippen LogP contribution in [0.5, 0.6) is 0 Å². The number of aryl methyl sites for hydroxylation is 3. The number of nitrogens with one attached hydrogen (secondary N) is 1. The summed E-state index contributed by atoms with van der Waals surface area (Å²) in [6.45, 7) is 6.25. The maximum atomic E-state index is 10.8. The third-order valence-electron chi connectivity index (χ3n) is 3.89. The number of aromatic nitrogens is 1. The molecule has 0 unspecified atom stereocenters. The number of non-ortho nitro benzene ring substituents is 1. The predicted molar refractivity (Wildman–Crippen MR) is 106 cm³/mol. The molecule has 7 heteroatoms. The zero-order valence-corrected chi connectivity index (χ0v) is 15.5. The van der Waals surface area contributed by atoms with Crippen LogP contribution in [0.1, 0.15) is 22.3 Å². The lowest BCUT2D eigenvalue weighted by molar-refractivity contribution is -0.384. The largest absolute Gasteiger partial charge is 0.270 e. The zero-order valence-electron chi connectivity index (χ0n) is 14.7. The monoisotopic (exact) mass is 366 g/mol. The summed E-state index contributed by atoms with van der Waals surface area (Å²) in [5.41, 5.74) is 9.25. The molecule has 0 atom stereocenters. The first-order valence-electron chi connectivity index (χ1n) is 8.01. The molecule has 0 aliphatic rings. The quantitative estimate of drug-likeness (QED) is 0.387. The molecule has 3 aromatic rings. The summed E-state index contributed by atoms with van der Waals surface area (Å²) in [6.07, 6.45) is 1.54. The lowest BCUT2D eigenvalue weighted by atomic mass is 9.98. The number of thiazole rings is 1. The van der Waals surface area contributed by atoms with E-state index in [1.165, 1.54) is 46.4 Å². The highest BCUT2D eigenvalue weighted by molar-refractivity contribution is 7.14. The highest BCUT2D eigenvalue weighted by Crippen LogP contribution is 2.31. The van der Waals surface area contributed by atoms with Gasteiger partial charge in [0.15, 0.2) is 0 Å². The summed E-state index contributed by atoms with van der Waals surface area (Å²) in [6, 6.07) is 10.6. The predicted octanol–water partition coefficient (Wildman–Crippen LogP) is 5.09. The van der Waals surface area contributed by atoms with Crippen molar-refractivity contribution in [1.29, 1.82) is 0 Å². The molecule has 3 rings (SSSR count). The van der Waals surface area contributed by atoms with Gasteiger partial charge in [-0.15, -0.1) is 11.3 Å². The van der Waals surface area contributed by atoms with Crippen molar-refractivity contribution in [2.24, 2.45) is 5.10 Å². The maximum absolute atomic E-state index is 10.8. The highest BCUT2D eigenvalue weighted by atomic mass is 32.1. The molecule has 0 saturated carbocycles. The van der Waals surface area contributed by atoms with Crippen molar-refractivity contribution < 1.29 is 4.92 Å². The van der Waals surface area contributed by atoms with Gasteiger partial charge in [-0.3, -0.25) is 15.5 Å². The Balaban J connectivity index is 1.75. The summed E-state index contributed by atoms with van der Waals surface area (Å²) in [5.74, 6) is 0. The number of anilines is 1. The van der Waals surface area contributed by atoms with E-state index in [1.807, 2.05) is 5.38 Å². The van der Waals surface area contributed by atoms with Gasteiger partial charge in [0.25, 0.3) is 5.69 Å². The normalized spacial score (nSPS) is 11.0. The lowest BCUT2D eigenvalue weighted by Gasteiger charge is -2.08. The fourth-order valence-corrected chi connectivity index (χ4v) is 3.55. The Kier molecular flexibility index (Phi) is 5.09. The Hall–Kier alpha value is -3.06. The van der Waals surface area contributed by atoms with Gasteiger partial charge in [-0.05, 0) is 31.9 Å². The highest BCUT2D eigenvalue weighted by Gasteiger charge is 2.10. The molecule has 6 nitrogen and oxygen atoms in total. The molecule has 0 spiro atoms. The van der Waals surface area contributed by atoms with Crippen molar-refractivity contribution in [2.75, 3.05) is 5.43 Å². The molecule has 2 aromatic carbocycles. The van der Waals surface area contributed by atoms with E-state index in [1.54, 1.807) is 12.1 Å². The topological polar surface area (TPSA) is 80.4 Å². The number of hydrogen-bond donors (Lipinski definition) is 1. The Morgan fingerprint density at radius 3 is 2.62 bits per heavy atom. The molecule has 1 aromatic heterocycles. The first kappa shape index (κ1) is 17.8. The van der Waals surface area contributed by atoms with Gasteiger partial charge < -0.3 is 0 Å². The second-order valence-electron chi connectivity index (χ2n) is 6.03. The molecule has 0 aliphatic heterocycles. The van der Waals surface area contributed by atoms with Crippen LogP contribution in [0.25, 0.3) is 11.3 Å². The van der Waals surface area contributed by atoms with Crippen molar-refractivity contribution in [2.45, 2.75) is 20.8 Å². The van der Waals surface area contributed by atoms with Crippen molar-refractivity contribution in [1.82, 2.24) is 4.98 Å². The third-order valence-corrected chi connectivity index (χ3v) is 4.64. The van der Waals surface area contributed by atoms with Crippen LogP contribution in [0.4, 0.5) is 10.8 Å². The first-order chi connectivity index (χ1) is 12.4. The van der Waals surface area contributed by atoms with Crippen LogP contribution in [0.2, 0.25) is 0 Å². The Morgan fingerprint density at radius 1 is 1.19 bits per heavy atom. The van der Waals surface area contributed by atoms with E-state index in [2.05, 4.69) is 48.4 Å². The molecule has 0 fully saturated rings. The standard InChI is InChI=1S/C19H18N4O2S/c1-12-7-13(2)18(14(3)8-12)17-11-26-19(21-17)22-20-10-15-5-4-6-16(9-15)23(24)25/h4-11H,1-3H3,(H,21,22)/b20-10-. The molecule has 0 radical (unpaired) electrons. The number of benzene rings is 2. The fraction of sp³-hybridized carbons (Fsp3) is 0.158. The smallest absolute Gasteiger partial charge is 0.258 e. The zero-order chi connectivity index (χ0) is 18.7. The van der Waals surface area contributed by atoms with Gasteiger partial charge in [-0.1, -0.05) is 29.8 Å². The van der Waals surface area contributed by atoms with Crippen LogP contribution < -0.4 is 5.43 Å². The summed E-state index contributed by atoms with van der Waals surface area (Å²) in [4.78, 5) is 15.0. The fourth-order valence-electron chi connectivity index (χ4n) is 2.90. The molecule has 26 heavy (non-hydrogen) atoms. The van der Waals surface area contributed by atoms with E-state index in [4.69, 9.17) is 0 Å². The minimum atomic E-state index is -0.426. The number of hydrogen-bond acceptors (Lipinski definition) is 6. The van der Waals surface area contributed by atoms with E-state index < -0.39 is 4.92 Å². The average Bonchev–Trinajstić information content (AvgIpc) is 3.02. The molecule has 0 aliphatic carbocycles. The summed E-state index contributed by atoms with van der Waals surface area (Å²) in [5, 5.41) is 17.6. The Labute approximate surface area is 155 Å². The molecule has 1 heterocycles.